The molecule has 0 heterocycles. The van der Waals surface area contributed by atoms with Gasteiger partial charge in [-0.25, -0.2) is 0 Å². The molecule has 112 valence electrons. The minimum Gasteiger partial charge on any atom is -0.333 e. The first-order valence-electron chi connectivity index (χ1n) is 6.69. The van der Waals surface area contributed by atoms with Gasteiger partial charge < -0.3 is 4.90 Å². The number of amides is 1. The summed E-state index contributed by atoms with van der Waals surface area (Å²) in [5.74, 6) is -0.204. The van der Waals surface area contributed by atoms with Crippen LogP contribution in [0.4, 0.5) is 0 Å². The van der Waals surface area contributed by atoms with Gasteiger partial charge in [0.25, 0.3) is 0 Å². The highest BCUT2D eigenvalue weighted by Gasteiger charge is 2.13. The average molecular weight is 333 g/mol. The van der Waals surface area contributed by atoms with Gasteiger partial charge in [0, 0.05) is 18.1 Å². The molecule has 0 aliphatic rings. The van der Waals surface area contributed by atoms with Gasteiger partial charge in [-0.1, -0.05) is 35.9 Å². The van der Waals surface area contributed by atoms with Crippen molar-refractivity contribution in [3.63, 3.8) is 0 Å². The smallest absolute Gasteiger partial charge is 0.238 e. The molecule has 0 saturated heterocycles. The lowest BCUT2D eigenvalue weighted by Crippen LogP contribution is -2.31. The highest BCUT2D eigenvalue weighted by molar-refractivity contribution is 6.30. The van der Waals surface area contributed by atoms with Crippen molar-refractivity contribution in [2.75, 3.05) is 5.88 Å². The fourth-order valence-electron chi connectivity index (χ4n) is 2.03. The number of benzene rings is 2. The topological polar surface area (TPSA) is 44.1 Å². The first-order chi connectivity index (χ1) is 10.6. The summed E-state index contributed by atoms with van der Waals surface area (Å²) >= 11 is 11.6. The van der Waals surface area contributed by atoms with Crippen LogP contribution in [0, 0.1) is 11.3 Å². The number of hydrogen-bond donors (Lipinski definition) is 0. The molecule has 0 bridgehead atoms. The zero-order valence-corrected chi connectivity index (χ0v) is 13.3. The fraction of sp³-hybridized carbons (Fsp3) is 0.176. The summed E-state index contributed by atoms with van der Waals surface area (Å²) in [5, 5.41) is 9.47. The van der Waals surface area contributed by atoms with Crippen LogP contribution >= 0.6 is 23.2 Å². The predicted octanol–water partition coefficient (Wildman–Crippen LogP) is 3.98. The molecule has 0 aliphatic heterocycles. The van der Waals surface area contributed by atoms with Gasteiger partial charge in [0.1, 0.15) is 5.88 Å². The summed E-state index contributed by atoms with van der Waals surface area (Å²) in [4.78, 5) is 13.7. The first kappa shape index (κ1) is 16.4. The summed E-state index contributed by atoms with van der Waals surface area (Å²) in [6.45, 7) is 0.905. The monoisotopic (exact) mass is 332 g/mol. The summed E-state index contributed by atoms with van der Waals surface area (Å²) in [6.07, 6.45) is 0. The largest absolute Gasteiger partial charge is 0.333 e. The maximum absolute atomic E-state index is 12.0. The van der Waals surface area contributed by atoms with E-state index in [0.717, 1.165) is 11.1 Å². The number of nitrogens with zero attached hydrogens (tertiary/aromatic N) is 2. The SMILES string of the molecule is N#Cc1ccc(CN(Cc2ccc(Cl)cc2)C(=O)CCl)cc1. The summed E-state index contributed by atoms with van der Waals surface area (Å²) in [6, 6.07) is 16.6. The lowest BCUT2D eigenvalue weighted by atomic mass is 10.1. The summed E-state index contributed by atoms with van der Waals surface area (Å²) < 4.78 is 0. The number of carbonyl (C=O) groups excluding carboxylic acids is 1. The van der Waals surface area contributed by atoms with Crippen LogP contribution in [0.1, 0.15) is 16.7 Å². The number of halogens is 2. The molecule has 2 aromatic rings. The average Bonchev–Trinajstić information content (AvgIpc) is 2.56. The minimum absolute atomic E-state index is 0.0656. The Labute approximate surface area is 139 Å². The van der Waals surface area contributed by atoms with Crippen molar-refractivity contribution < 1.29 is 4.79 Å². The Bertz CT molecular complexity index is 675. The summed E-state index contributed by atoms with van der Waals surface area (Å²) in [7, 11) is 0. The molecule has 2 rings (SSSR count). The van der Waals surface area contributed by atoms with E-state index >= 15 is 0 Å². The van der Waals surface area contributed by atoms with Gasteiger partial charge in [0.05, 0.1) is 11.6 Å². The van der Waals surface area contributed by atoms with Gasteiger partial charge in [0.2, 0.25) is 5.91 Å². The van der Waals surface area contributed by atoms with Crippen molar-refractivity contribution in [1.29, 1.82) is 5.26 Å². The number of alkyl halides is 1. The van der Waals surface area contributed by atoms with Crippen LogP contribution in [0.2, 0.25) is 5.02 Å². The Morgan fingerprint density at radius 1 is 1.00 bits per heavy atom. The van der Waals surface area contributed by atoms with Crippen molar-refractivity contribution >= 4 is 29.1 Å². The Hall–Kier alpha value is -2.02. The Kier molecular flexibility index (Phi) is 5.83. The molecule has 22 heavy (non-hydrogen) atoms. The molecular weight excluding hydrogens is 319 g/mol. The van der Waals surface area contributed by atoms with Crippen molar-refractivity contribution in [1.82, 2.24) is 4.90 Å². The number of hydrogen-bond acceptors (Lipinski definition) is 2. The first-order valence-corrected chi connectivity index (χ1v) is 7.61. The lowest BCUT2D eigenvalue weighted by molar-refractivity contribution is -0.129. The predicted molar refractivity (Wildman–Crippen MR) is 87.6 cm³/mol. The highest BCUT2D eigenvalue weighted by atomic mass is 35.5. The minimum atomic E-state index is -0.138. The zero-order chi connectivity index (χ0) is 15.9. The Morgan fingerprint density at radius 2 is 1.50 bits per heavy atom. The van der Waals surface area contributed by atoms with E-state index in [1.807, 2.05) is 24.3 Å². The van der Waals surface area contributed by atoms with Gasteiger partial charge in [0.15, 0.2) is 0 Å². The quantitative estimate of drug-likeness (QED) is 0.777. The normalized spacial score (nSPS) is 10.0. The number of rotatable bonds is 5. The number of nitriles is 1. The van der Waals surface area contributed by atoms with Crippen molar-refractivity contribution in [3.8, 4) is 6.07 Å². The van der Waals surface area contributed by atoms with Gasteiger partial charge in [-0.05, 0) is 35.4 Å². The molecule has 0 radical (unpaired) electrons. The van der Waals surface area contributed by atoms with Crippen molar-refractivity contribution in [3.05, 3.63) is 70.2 Å². The van der Waals surface area contributed by atoms with E-state index in [-0.39, 0.29) is 11.8 Å². The molecule has 5 heteroatoms. The Morgan fingerprint density at radius 3 is 1.95 bits per heavy atom. The third-order valence-electron chi connectivity index (χ3n) is 3.21. The maximum atomic E-state index is 12.0. The highest BCUT2D eigenvalue weighted by Crippen LogP contribution is 2.14. The molecular formula is C17H14Cl2N2O. The van der Waals surface area contributed by atoms with Crippen LogP contribution in [-0.2, 0) is 17.9 Å². The van der Waals surface area contributed by atoms with Gasteiger partial charge in [-0.3, -0.25) is 4.79 Å². The molecule has 0 atom stereocenters. The zero-order valence-electron chi connectivity index (χ0n) is 11.8. The van der Waals surface area contributed by atoms with E-state index in [2.05, 4.69) is 6.07 Å². The third kappa shape index (κ3) is 4.49. The molecule has 0 unspecified atom stereocenters. The van der Waals surface area contributed by atoms with Crippen molar-refractivity contribution in [2.45, 2.75) is 13.1 Å². The maximum Gasteiger partial charge on any atom is 0.238 e. The van der Waals surface area contributed by atoms with Crippen LogP contribution in [0.5, 0.6) is 0 Å². The van der Waals surface area contributed by atoms with Gasteiger partial charge in [-0.15, -0.1) is 11.6 Å². The van der Waals surface area contributed by atoms with Crippen LogP contribution < -0.4 is 0 Å². The van der Waals surface area contributed by atoms with E-state index in [1.54, 1.807) is 29.2 Å². The molecule has 0 N–H and O–H groups in total. The second-order valence-corrected chi connectivity index (χ2v) is 5.52. The third-order valence-corrected chi connectivity index (χ3v) is 3.69. The van der Waals surface area contributed by atoms with E-state index < -0.39 is 0 Å². The molecule has 1 amide bonds. The molecule has 0 aliphatic carbocycles. The van der Waals surface area contributed by atoms with Crippen LogP contribution in [0.25, 0.3) is 0 Å². The molecule has 0 saturated carbocycles. The fourth-order valence-corrected chi connectivity index (χ4v) is 2.33. The molecule has 0 spiro atoms. The second kappa shape index (κ2) is 7.84. The van der Waals surface area contributed by atoms with Crippen LogP contribution in [0.3, 0.4) is 0 Å². The van der Waals surface area contributed by atoms with Crippen LogP contribution in [0.15, 0.2) is 48.5 Å². The van der Waals surface area contributed by atoms with Gasteiger partial charge in [-0.2, -0.15) is 5.26 Å². The second-order valence-electron chi connectivity index (χ2n) is 4.82. The van der Waals surface area contributed by atoms with Gasteiger partial charge >= 0.3 is 0 Å². The summed E-state index contributed by atoms with van der Waals surface area (Å²) in [5.41, 5.74) is 2.53. The van der Waals surface area contributed by atoms with E-state index in [4.69, 9.17) is 28.5 Å². The molecule has 0 fully saturated rings. The lowest BCUT2D eigenvalue weighted by Gasteiger charge is -2.22. The van der Waals surface area contributed by atoms with Crippen LogP contribution in [-0.4, -0.2) is 16.7 Å². The Balaban J connectivity index is 2.13. The van der Waals surface area contributed by atoms with E-state index in [1.165, 1.54) is 0 Å². The molecule has 3 nitrogen and oxygen atoms in total. The van der Waals surface area contributed by atoms with Crippen molar-refractivity contribution in [2.24, 2.45) is 0 Å². The molecule has 2 aromatic carbocycles. The molecule has 0 aromatic heterocycles. The van der Waals surface area contributed by atoms with E-state index in [9.17, 15) is 4.79 Å². The standard InChI is InChI=1S/C17H14Cl2N2O/c18-9-17(22)21(12-15-5-7-16(19)8-6-15)11-14-3-1-13(10-20)2-4-14/h1-8H,9,11-12H2. The number of carbonyl (C=O) groups is 1. The van der Waals surface area contributed by atoms with E-state index in [0.29, 0.717) is 23.7 Å².